The molecule has 0 radical (unpaired) electrons. The standard InChI is InChI=1S/C17H14ClFN4/c1-9-5-12(13-7-20-8-14(19)16(13)18)6-11-3-4-15-22-21-10(2)23(15)17(9)11/h5-8H,3-4H2,1-2H3. The number of halogens is 2. The van der Waals surface area contributed by atoms with E-state index >= 15 is 0 Å². The van der Waals surface area contributed by atoms with Crippen LogP contribution in [0.5, 0.6) is 0 Å². The highest BCUT2D eigenvalue weighted by Gasteiger charge is 2.22. The number of nitrogens with zero attached hydrogens (tertiary/aromatic N) is 4. The van der Waals surface area contributed by atoms with Crippen LogP contribution in [0.2, 0.25) is 5.02 Å². The summed E-state index contributed by atoms with van der Waals surface area (Å²) in [6.45, 7) is 3.99. The van der Waals surface area contributed by atoms with Crippen LogP contribution in [-0.2, 0) is 12.8 Å². The summed E-state index contributed by atoms with van der Waals surface area (Å²) in [5.41, 5.74) is 4.90. The summed E-state index contributed by atoms with van der Waals surface area (Å²) in [5, 5.41) is 8.52. The van der Waals surface area contributed by atoms with E-state index in [1.165, 1.54) is 5.56 Å². The lowest BCUT2D eigenvalue weighted by Gasteiger charge is -2.22. The van der Waals surface area contributed by atoms with E-state index in [1.54, 1.807) is 6.20 Å². The molecule has 0 saturated carbocycles. The lowest BCUT2D eigenvalue weighted by Crippen LogP contribution is -2.15. The molecular formula is C17H14ClFN4. The summed E-state index contributed by atoms with van der Waals surface area (Å²) in [5.74, 6) is 1.36. The zero-order valence-corrected chi connectivity index (χ0v) is 13.5. The van der Waals surface area contributed by atoms with Crippen LogP contribution < -0.4 is 0 Å². The number of aromatic nitrogens is 4. The van der Waals surface area contributed by atoms with Crippen molar-refractivity contribution in [1.82, 2.24) is 19.7 Å². The van der Waals surface area contributed by atoms with Crippen molar-refractivity contribution < 1.29 is 4.39 Å². The maximum atomic E-state index is 13.7. The minimum atomic E-state index is -0.503. The molecule has 0 fully saturated rings. The quantitative estimate of drug-likeness (QED) is 0.681. The predicted molar refractivity (Wildman–Crippen MR) is 86.4 cm³/mol. The number of rotatable bonds is 1. The first-order chi connectivity index (χ1) is 11.1. The monoisotopic (exact) mass is 328 g/mol. The molecule has 0 spiro atoms. The molecule has 0 atom stereocenters. The second kappa shape index (κ2) is 5.13. The van der Waals surface area contributed by atoms with Crippen LogP contribution in [0.4, 0.5) is 4.39 Å². The van der Waals surface area contributed by atoms with Gasteiger partial charge in [-0.2, -0.15) is 0 Å². The molecule has 1 aliphatic rings. The molecule has 0 amide bonds. The summed E-state index contributed by atoms with van der Waals surface area (Å²) < 4.78 is 15.8. The fourth-order valence-corrected chi connectivity index (χ4v) is 3.45. The first kappa shape index (κ1) is 14.3. The number of pyridine rings is 1. The van der Waals surface area contributed by atoms with Gasteiger partial charge in [-0.1, -0.05) is 11.6 Å². The van der Waals surface area contributed by atoms with E-state index in [-0.39, 0.29) is 5.02 Å². The van der Waals surface area contributed by atoms with E-state index in [1.807, 2.05) is 19.9 Å². The van der Waals surface area contributed by atoms with Crippen molar-refractivity contribution >= 4 is 11.6 Å². The Kier molecular flexibility index (Phi) is 3.20. The smallest absolute Gasteiger partial charge is 0.160 e. The van der Waals surface area contributed by atoms with Crippen LogP contribution in [0.15, 0.2) is 24.5 Å². The Morgan fingerprint density at radius 2 is 1.96 bits per heavy atom. The SMILES string of the molecule is Cc1cc(-c2cncc(F)c2Cl)cc2c1-n1c(C)nnc1CC2. The van der Waals surface area contributed by atoms with Gasteiger partial charge in [0.05, 0.1) is 16.9 Å². The fraction of sp³-hybridized carbons (Fsp3) is 0.235. The minimum Gasteiger partial charge on any atom is -0.283 e. The highest BCUT2D eigenvalue weighted by atomic mass is 35.5. The van der Waals surface area contributed by atoms with Gasteiger partial charge in [0, 0.05) is 18.2 Å². The normalized spacial score (nSPS) is 12.9. The third kappa shape index (κ3) is 2.15. The highest BCUT2D eigenvalue weighted by Crippen LogP contribution is 2.35. The predicted octanol–water partition coefficient (Wildman–Crippen LogP) is 3.84. The third-order valence-electron chi connectivity index (χ3n) is 4.26. The molecule has 0 bridgehead atoms. The van der Waals surface area contributed by atoms with Gasteiger partial charge in [-0.05, 0) is 49.1 Å². The zero-order chi connectivity index (χ0) is 16.1. The van der Waals surface area contributed by atoms with E-state index < -0.39 is 5.82 Å². The summed E-state index contributed by atoms with van der Waals surface area (Å²) >= 11 is 6.11. The van der Waals surface area contributed by atoms with E-state index in [4.69, 9.17) is 11.6 Å². The molecule has 0 saturated heterocycles. The molecule has 0 unspecified atom stereocenters. The van der Waals surface area contributed by atoms with Gasteiger partial charge >= 0.3 is 0 Å². The fourth-order valence-electron chi connectivity index (χ4n) is 3.24. The third-order valence-corrected chi connectivity index (χ3v) is 4.65. The molecule has 6 heteroatoms. The maximum absolute atomic E-state index is 13.7. The van der Waals surface area contributed by atoms with Gasteiger partial charge in [0.25, 0.3) is 0 Å². The average molecular weight is 329 g/mol. The van der Waals surface area contributed by atoms with Crippen molar-refractivity contribution in [2.24, 2.45) is 0 Å². The molecule has 0 N–H and O–H groups in total. The van der Waals surface area contributed by atoms with Crippen LogP contribution in [0.1, 0.15) is 22.8 Å². The van der Waals surface area contributed by atoms with Crippen molar-refractivity contribution in [3.05, 3.63) is 58.1 Å². The van der Waals surface area contributed by atoms with Crippen LogP contribution in [0.25, 0.3) is 16.8 Å². The van der Waals surface area contributed by atoms with Gasteiger partial charge in [-0.25, -0.2) is 4.39 Å². The van der Waals surface area contributed by atoms with Gasteiger partial charge in [0.2, 0.25) is 0 Å². The number of benzene rings is 1. The average Bonchev–Trinajstić information content (AvgIpc) is 2.91. The first-order valence-corrected chi connectivity index (χ1v) is 7.78. The van der Waals surface area contributed by atoms with Crippen molar-refractivity contribution in [2.45, 2.75) is 26.7 Å². The molecule has 3 aromatic rings. The van der Waals surface area contributed by atoms with Crippen LogP contribution >= 0.6 is 11.6 Å². The summed E-state index contributed by atoms with van der Waals surface area (Å²) in [6.07, 6.45) is 4.45. The molecule has 1 aromatic carbocycles. The molecule has 116 valence electrons. The van der Waals surface area contributed by atoms with E-state index in [9.17, 15) is 4.39 Å². The van der Waals surface area contributed by atoms with Crippen molar-refractivity contribution in [3.63, 3.8) is 0 Å². The number of aryl methyl sites for hydroxylation is 4. The topological polar surface area (TPSA) is 43.6 Å². The van der Waals surface area contributed by atoms with Gasteiger partial charge in [-0.3, -0.25) is 9.55 Å². The molecule has 4 nitrogen and oxygen atoms in total. The molecule has 4 rings (SSSR count). The Labute approximate surface area is 138 Å². The Balaban J connectivity index is 1.94. The Morgan fingerprint density at radius 3 is 2.78 bits per heavy atom. The van der Waals surface area contributed by atoms with Gasteiger partial charge in [-0.15, -0.1) is 10.2 Å². The van der Waals surface area contributed by atoms with Gasteiger partial charge in [0.15, 0.2) is 5.82 Å². The Hall–Kier alpha value is -2.27. The molecular weight excluding hydrogens is 315 g/mol. The molecule has 1 aliphatic heterocycles. The number of hydrogen-bond donors (Lipinski definition) is 0. The molecule has 0 aliphatic carbocycles. The second-order valence-electron chi connectivity index (χ2n) is 5.78. The largest absolute Gasteiger partial charge is 0.283 e. The van der Waals surface area contributed by atoms with Gasteiger partial charge in [0.1, 0.15) is 11.6 Å². The summed E-state index contributed by atoms with van der Waals surface area (Å²) in [4.78, 5) is 3.92. The van der Waals surface area contributed by atoms with Crippen LogP contribution in [0, 0.1) is 19.7 Å². The lowest BCUT2D eigenvalue weighted by atomic mass is 9.94. The van der Waals surface area contributed by atoms with Crippen LogP contribution in [0.3, 0.4) is 0 Å². The number of fused-ring (bicyclic) bond motifs is 3. The Bertz CT molecular complexity index is 933. The second-order valence-corrected chi connectivity index (χ2v) is 6.16. The maximum Gasteiger partial charge on any atom is 0.160 e. The molecule has 3 heterocycles. The number of hydrogen-bond acceptors (Lipinski definition) is 3. The highest BCUT2D eigenvalue weighted by molar-refractivity contribution is 6.33. The van der Waals surface area contributed by atoms with Crippen LogP contribution in [-0.4, -0.2) is 19.7 Å². The zero-order valence-electron chi connectivity index (χ0n) is 12.8. The Morgan fingerprint density at radius 1 is 1.13 bits per heavy atom. The van der Waals surface area contributed by atoms with E-state index in [0.717, 1.165) is 47.5 Å². The van der Waals surface area contributed by atoms with Crippen molar-refractivity contribution in [2.75, 3.05) is 0 Å². The summed E-state index contributed by atoms with van der Waals surface area (Å²) in [6, 6.07) is 4.07. The van der Waals surface area contributed by atoms with E-state index in [0.29, 0.717) is 5.56 Å². The van der Waals surface area contributed by atoms with Gasteiger partial charge < -0.3 is 0 Å². The molecule has 2 aromatic heterocycles. The molecule has 23 heavy (non-hydrogen) atoms. The van der Waals surface area contributed by atoms with Crippen molar-refractivity contribution in [1.29, 1.82) is 0 Å². The van der Waals surface area contributed by atoms with E-state index in [2.05, 4.69) is 25.8 Å². The van der Waals surface area contributed by atoms with Crippen molar-refractivity contribution in [3.8, 4) is 16.8 Å². The first-order valence-electron chi connectivity index (χ1n) is 7.40. The minimum absolute atomic E-state index is 0.108. The summed E-state index contributed by atoms with van der Waals surface area (Å²) in [7, 11) is 0. The lowest BCUT2D eigenvalue weighted by molar-refractivity contribution is 0.622.